The van der Waals surface area contributed by atoms with E-state index in [-0.39, 0.29) is 11.5 Å². The van der Waals surface area contributed by atoms with Gasteiger partial charge in [0, 0.05) is 11.4 Å². The molecule has 0 spiro atoms. The predicted octanol–water partition coefficient (Wildman–Crippen LogP) is 5.23. The fourth-order valence-corrected chi connectivity index (χ4v) is 1.65. The van der Waals surface area contributed by atoms with Crippen molar-refractivity contribution in [2.45, 2.75) is 12.7 Å². The number of hydrogen-bond acceptors (Lipinski definition) is 3. The molecule has 0 fully saturated rings. The van der Waals surface area contributed by atoms with Gasteiger partial charge in [-0.25, -0.2) is 0 Å². The van der Waals surface area contributed by atoms with Gasteiger partial charge >= 0.3 is 12.7 Å². The summed E-state index contributed by atoms with van der Waals surface area (Å²) in [6.45, 7) is 0. The van der Waals surface area contributed by atoms with Crippen LogP contribution in [-0.2, 0) is 0 Å². The average molecular weight is 337 g/mol. The lowest BCUT2D eigenvalue weighted by Gasteiger charge is -2.11. The van der Waals surface area contributed by atoms with E-state index in [0.717, 1.165) is 24.3 Å². The molecule has 2 rings (SSSR count). The molecule has 0 amide bonds. The Hall–Kier alpha value is -2.58. The van der Waals surface area contributed by atoms with Crippen molar-refractivity contribution in [2.24, 2.45) is 0 Å². The minimum Gasteiger partial charge on any atom is -0.406 e. The minimum absolute atomic E-state index is 0.378. The summed E-state index contributed by atoms with van der Waals surface area (Å²) in [5, 5.41) is 2.81. The van der Waals surface area contributed by atoms with Gasteiger partial charge in [0.1, 0.15) is 11.5 Å². The van der Waals surface area contributed by atoms with Gasteiger partial charge in [-0.2, -0.15) is 0 Å². The van der Waals surface area contributed by atoms with E-state index in [1.165, 1.54) is 24.3 Å². The van der Waals surface area contributed by atoms with Crippen molar-refractivity contribution in [1.82, 2.24) is 0 Å². The monoisotopic (exact) mass is 337 g/mol. The number of alkyl halides is 6. The number of ether oxygens (including phenoxy) is 2. The molecule has 3 nitrogen and oxygen atoms in total. The van der Waals surface area contributed by atoms with E-state index < -0.39 is 12.7 Å². The molecule has 0 heterocycles. The van der Waals surface area contributed by atoms with Gasteiger partial charge in [-0.05, 0) is 48.5 Å². The molecule has 9 heteroatoms. The molecule has 124 valence electrons. The molecule has 0 aliphatic heterocycles. The minimum atomic E-state index is -4.77. The molecule has 1 N–H and O–H groups in total. The van der Waals surface area contributed by atoms with Gasteiger partial charge in [0.15, 0.2) is 0 Å². The van der Waals surface area contributed by atoms with E-state index in [2.05, 4.69) is 14.8 Å². The summed E-state index contributed by atoms with van der Waals surface area (Å²) in [7, 11) is 0. The zero-order valence-electron chi connectivity index (χ0n) is 11.2. The fraction of sp³-hybridized carbons (Fsp3) is 0.143. The Morgan fingerprint density at radius 1 is 0.565 bits per heavy atom. The fourth-order valence-electron chi connectivity index (χ4n) is 1.65. The van der Waals surface area contributed by atoms with Crippen LogP contribution in [0.25, 0.3) is 0 Å². The zero-order chi connectivity index (χ0) is 17.1. The van der Waals surface area contributed by atoms with Gasteiger partial charge in [0.05, 0.1) is 0 Å². The van der Waals surface area contributed by atoms with Gasteiger partial charge in [-0.1, -0.05) is 0 Å². The first-order chi connectivity index (χ1) is 10.6. The highest BCUT2D eigenvalue weighted by Gasteiger charge is 2.31. The second-order valence-corrected chi connectivity index (χ2v) is 4.27. The second-order valence-electron chi connectivity index (χ2n) is 4.27. The van der Waals surface area contributed by atoms with Crippen LogP contribution in [0.4, 0.5) is 37.7 Å². The van der Waals surface area contributed by atoms with Gasteiger partial charge in [-0.15, -0.1) is 26.3 Å². The third-order valence-electron chi connectivity index (χ3n) is 2.46. The lowest BCUT2D eigenvalue weighted by atomic mass is 10.2. The first kappa shape index (κ1) is 16.8. The first-order valence-corrected chi connectivity index (χ1v) is 6.09. The van der Waals surface area contributed by atoms with Gasteiger partial charge in [-0.3, -0.25) is 0 Å². The van der Waals surface area contributed by atoms with Gasteiger partial charge in [0.2, 0.25) is 0 Å². The molecule has 0 saturated carbocycles. The first-order valence-electron chi connectivity index (χ1n) is 6.09. The molecular formula is C14H9F6NO2. The Morgan fingerprint density at radius 3 is 1.13 bits per heavy atom. The predicted molar refractivity (Wildman–Crippen MR) is 69.5 cm³/mol. The molecule has 2 aromatic carbocycles. The van der Waals surface area contributed by atoms with Crippen LogP contribution in [-0.4, -0.2) is 12.7 Å². The lowest BCUT2D eigenvalue weighted by Crippen LogP contribution is -2.17. The summed E-state index contributed by atoms with van der Waals surface area (Å²) in [4.78, 5) is 0. The molecule has 0 aromatic heterocycles. The topological polar surface area (TPSA) is 30.5 Å². The molecule has 2 aromatic rings. The Balaban J connectivity index is 1.99. The third-order valence-corrected chi connectivity index (χ3v) is 2.46. The molecule has 0 saturated heterocycles. The van der Waals surface area contributed by atoms with Crippen molar-refractivity contribution in [3.8, 4) is 11.5 Å². The van der Waals surface area contributed by atoms with Crippen LogP contribution in [0, 0.1) is 0 Å². The number of benzene rings is 2. The van der Waals surface area contributed by atoms with Crippen LogP contribution < -0.4 is 14.8 Å². The Kier molecular flexibility index (Phi) is 4.57. The Morgan fingerprint density at radius 2 is 0.870 bits per heavy atom. The van der Waals surface area contributed by atoms with Crippen molar-refractivity contribution < 1.29 is 35.8 Å². The molecule has 0 aliphatic carbocycles. The maximum Gasteiger partial charge on any atom is 0.573 e. The average Bonchev–Trinajstić information content (AvgIpc) is 2.40. The summed E-state index contributed by atoms with van der Waals surface area (Å²) in [6, 6.07) is 9.77. The van der Waals surface area contributed by atoms with Crippen LogP contribution >= 0.6 is 0 Å². The summed E-state index contributed by atoms with van der Waals surface area (Å²) in [5.74, 6) is -0.756. The number of nitrogens with one attached hydrogen (secondary N) is 1. The van der Waals surface area contributed by atoms with Crippen molar-refractivity contribution in [3.63, 3.8) is 0 Å². The van der Waals surface area contributed by atoms with Crippen molar-refractivity contribution in [1.29, 1.82) is 0 Å². The SMILES string of the molecule is FC(F)(F)Oc1ccc(Nc2ccc(OC(F)(F)F)cc2)cc1. The van der Waals surface area contributed by atoms with Crippen LogP contribution in [0.1, 0.15) is 0 Å². The maximum atomic E-state index is 12.0. The second kappa shape index (κ2) is 6.27. The Labute approximate surface area is 126 Å². The largest absolute Gasteiger partial charge is 0.573 e. The van der Waals surface area contributed by atoms with Crippen molar-refractivity contribution in [3.05, 3.63) is 48.5 Å². The lowest BCUT2D eigenvalue weighted by molar-refractivity contribution is -0.275. The van der Waals surface area contributed by atoms with Crippen LogP contribution in [0.3, 0.4) is 0 Å². The molecule has 23 heavy (non-hydrogen) atoms. The maximum absolute atomic E-state index is 12.0. The normalized spacial score (nSPS) is 11.9. The summed E-state index contributed by atoms with van der Waals surface area (Å²) < 4.78 is 79.5. The molecular weight excluding hydrogens is 328 g/mol. The summed E-state index contributed by atoms with van der Waals surface area (Å²) in [6.07, 6.45) is -9.55. The molecule has 0 bridgehead atoms. The van der Waals surface area contributed by atoms with Crippen LogP contribution in [0.2, 0.25) is 0 Å². The highest BCUT2D eigenvalue weighted by molar-refractivity contribution is 5.61. The van der Waals surface area contributed by atoms with Gasteiger partial charge < -0.3 is 14.8 Å². The summed E-state index contributed by atoms with van der Waals surface area (Å²) in [5.41, 5.74) is 0.869. The quantitative estimate of drug-likeness (QED) is 0.775. The highest BCUT2D eigenvalue weighted by Crippen LogP contribution is 2.27. The van der Waals surface area contributed by atoms with Crippen molar-refractivity contribution >= 4 is 11.4 Å². The highest BCUT2D eigenvalue weighted by atomic mass is 19.4. The molecule has 0 radical (unpaired) electrons. The Bertz CT molecular complexity index is 577. The van der Waals surface area contributed by atoms with Crippen molar-refractivity contribution in [2.75, 3.05) is 5.32 Å². The van der Waals surface area contributed by atoms with E-state index in [1.54, 1.807) is 0 Å². The van der Waals surface area contributed by atoms with Crippen LogP contribution in [0.5, 0.6) is 11.5 Å². The molecule has 0 unspecified atom stereocenters. The van der Waals surface area contributed by atoms with E-state index >= 15 is 0 Å². The number of halogens is 6. The van der Waals surface area contributed by atoms with Gasteiger partial charge in [0.25, 0.3) is 0 Å². The standard InChI is InChI=1S/C14H9F6NO2/c15-13(16,17)22-11-5-1-9(2-6-11)21-10-3-7-12(8-4-10)23-14(18,19)20/h1-8,21H. The molecule has 0 atom stereocenters. The van der Waals surface area contributed by atoms with E-state index in [4.69, 9.17) is 0 Å². The van der Waals surface area contributed by atoms with E-state index in [0.29, 0.717) is 11.4 Å². The number of rotatable bonds is 4. The molecule has 0 aliphatic rings. The van der Waals surface area contributed by atoms with E-state index in [9.17, 15) is 26.3 Å². The van der Waals surface area contributed by atoms with Crippen LogP contribution in [0.15, 0.2) is 48.5 Å². The third kappa shape index (κ3) is 5.97. The smallest absolute Gasteiger partial charge is 0.406 e. The number of anilines is 2. The van der Waals surface area contributed by atoms with E-state index in [1.807, 2.05) is 0 Å². The number of hydrogen-bond donors (Lipinski definition) is 1. The summed E-state index contributed by atoms with van der Waals surface area (Å²) >= 11 is 0. The zero-order valence-corrected chi connectivity index (χ0v) is 11.2.